The van der Waals surface area contributed by atoms with Gasteiger partial charge in [0, 0.05) is 22.0 Å². The van der Waals surface area contributed by atoms with E-state index >= 15 is 0 Å². The van der Waals surface area contributed by atoms with Gasteiger partial charge in [0.1, 0.15) is 6.23 Å². The van der Waals surface area contributed by atoms with Gasteiger partial charge in [-0.1, -0.05) is 27.7 Å². The minimum absolute atomic E-state index is 0.228. The van der Waals surface area contributed by atoms with Crippen LogP contribution in [0.4, 0.5) is 0 Å². The van der Waals surface area contributed by atoms with Crippen LogP contribution >= 0.6 is 38.5 Å². The van der Waals surface area contributed by atoms with Gasteiger partial charge in [-0.2, -0.15) is 0 Å². The van der Waals surface area contributed by atoms with Crippen LogP contribution in [-0.2, 0) is 4.74 Å². The van der Waals surface area contributed by atoms with Gasteiger partial charge in [0.05, 0.1) is 24.3 Å². The zero-order chi connectivity index (χ0) is 16.3. The van der Waals surface area contributed by atoms with Gasteiger partial charge in [-0.25, -0.2) is 4.79 Å². The summed E-state index contributed by atoms with van der Waals surface area (Å²) < 4.78 is 8.92. The van der Waals surface area contributed by atoms with Crippen LogP contribution in [0.5, 0.6) is 0 Å². The molecule has 2 heterocycles. The van der Waals surface area contributed by atoms with Crippen molar-refractivity contribution in [3.05, 3.63) is 47.1 Å². The molecule has 118 valence electrons. The third-order valence-corrected chi connectivity index (χ3v) is 5.35. The number of H-pyrrole nitrogens is 1. The summed E-state index contributed by atoms with van der Waals surface area (Å²) in [5.41, 5.74) is 7.64. The average Bonchev–Trinajstić information content (AvgIpc) is 2.90. The maximum Gasteiger partial charge on any atom is 0.330 e. The van der Waals surface area contributed by atoms with E-state index in [1.54, 1.807) is 4.08 Å². The first-order valence-corrected chi connectivity index (χ1v) is 8.18. The summed E-state index contributed by atoms with van der Waals surface area (Å²) in [6.45, 7) is -0.331. The van der Waals surface area contributed by atoms with Crippen molar-refractivity contribution in [2.75, 3.05) is 6.61 Å². The van der Waals surface area contributed by atoms with E-state index in [1.807, 2.05) is 22.6 Å². The third-order valence-electron chi connectivity index (χ3n) is 3.22. The molecule has 0 spiro atoms. The number of hydrogen-bond donors (Lipinski definition) is 2. The second-order valence-electron chi connectivity index (χ2n) is 4.49. The van der Waals surface area contributed by atoms with E-state index in [-0.39, 0.29) is 18.6 Å². The number of nitrogens with zero attached hydrogens (tertiary/aromatic N) is 4. The van der Waals surface area contributed by atoms with Crippen molar-refractivity contribution in [3.8, 4) is 0 Å². The Morgan fingerprint density at radius 3 is 3.05 bits per heavy atom. The largest absolute Gasteiger partial charge is 0.394 e. The van der Waals surface area contributed by atoms with Gasteiger partial charge in [0.25, 0.3) is 5.56 Å². The standard InChI is InChI=1S/C11H11BrIN5O4/c12-6(2-13)5-3-18(11(21)15-10(5)20)9-1-7(16-17-14)8(4-19)22-9/h2-3,7-9,19H,1,4H2,(H,15,20,21)/b6-2-/t7-,8+,9+/m0/s1. The first kappa shape index (κ1) is 17.2. The van der Waals surface area contributed by atoms with Crippen molar-refractivity contribution >= 4 is 43.0 Å². The van der Waals surface area contributed by atoms with Crippen LogP contribution in [-0.4, -0.2) is 33.4 Å². The molecule has 1 fully saturated rings. The molecular formula is C11H11BrIN5O4. The van der Waals surface area contributed by atoms with Crippen LogP contribution in [0.2, 0.25) is 0 Å². The summed E-state index contributed by atoms with van der Waals surface area (Å²) in [6, 6.07) is -0.578. The lowest BCUT2D eigenvalue weighted by atomic mass is 10.1. The number of hydrogen-bond acceptors (Lipinski definition) is 5. The Morgan fingerprint density at radius 1 is 1.73 bits per heavy atom. The normalized spacial score (nSPS) is 25.0. The van der Waals surface area contributed by atoms with Gasteiger partial charge in [-0.05, 0) is 25.5 Å². The molecule has 0 radical (unpaired) electrons. The Kier molecular flexibility index (Phi) is 5.81. The van der Waals surface area contributed by atoms with E-state index in [0.717, 1.165) is 0 Å². The fraction of sp³-hybridized carbons (Fsp3) is 0.455. The topological polar surface area (TPSA) is 133 Å². The Balaban J connectivity index is 2.43. The number of aromatic amines is 1. The minimum atomic E-state index is -0.731. The lowest BCUT2D eigenvalue weighted by molar-refractivity contribution is -0.0271. The maximum absolute atomic E-state index is 12.0. The lowest BCUT2D eigenvalue weighted by Gasteiger charge is -2.15. The monoisotopic (exact) mass is 483 g/mol. The molecule has 2 rings (SSSR count). The van der Waals surface area contributed by atoms with Crippen molar-refractivity contribution in [1.82, 2.24) is 9.55 Å². The average molecular weight is 484 g/mol. The van der Waals surface area contributed by atoms with Crippen LogP contribution in [0.15, 0.2) is 25.0 Å². The predicted molar refractivity (Wildman–Crippen MR) is 90.8 cm³/mol. The molecule has 22 heavy (non-hydrogen) atoms. The number of aromatic nitrogens is 2. The Labute approximate surface area is 145 Å². The summed E-state index contributed by atoms with van der Waals surface area (Å²) in [6.07, 6.45) is 0.182. The zero-order valence-electron chi connectivity index (χ0n) is 11.0. The molecular weight excluding hydrogens is 473 g/mol. The van der Waals surface area contributed by atoms with E-state index in [4.69, 9.17) is 10.3 Å². The Bertz CT molecular complexity index is 754. The van der Waals surface area contributed by atoms with Gasteiger partial charge in [-0.3, -0.25) is 14.3 Å². The highest BCUT2D eigenvalue weighted by molar-refractivity contribution is 14.1. The summed E-state index contributed by atoms with van der Waals surface area (Å²) in [4.78, 5) is 28.7. The highest BCUT2D eigenvalue weighted by Gasteiger charge is 2.35. The van der Waals surface area contributed by atoms with E-state index in [2.05, 4.69) is 30.9 Å². The van der Waals surface area contributed by atoms with Crippen molar-refractivity contribution in [3.63, 3.8) is 0 Å². The first-order valence-electron chi connectivity index (χ1n) is 6.14. The van der Waals surface area contributed by atoms with Gasteiger partial charge >= 0.3 is 5.69 Å². The van der Waals surface area contributed by atoms with Crippen LogP contribution in [0.1, 0.15) is 18.2 Å². The second-order valence-corrected chi connectivity index (χ2v) is 5.96. The molecule has 0 aliphatic carbocycles. The molecule has 9 nitrogen and oxygen atoms in total. The second kappa shape index (κ2) is 7.42. The number of azide groups is 1. The number of ether oxygens (including phenoxy) is 1. The number of aliphatic hydroxyl groups excluding tert-OH is 1. The number of aliphatic hydroxyl groups is 1. The van der Waals surface area contributed by atoms with E-state index < -0.39 is 29.6 Å². The summed E-state index contributed by atoms with van der Waals surface area (Å²) in [5.74, 6) is 0. The molecule has 1 aliphatic heterocycles. The highest BCUT2D eigenvalue weighted by Crippen LogP contribution is 2.30. The zero-order valence-corrected chi connectivity index (χ0v) is 14.8. The van der Waals surface area contributed by atoms with Crippen molar-refractivity contribution < 1.29 is 9.84 Å². The Morgan fingerprint density at radius 2 is 2.45 bits per heavy atom. The minimum Gasteiger partial charge on any atom is -0.394 e. The van der Waals surface area contributed by atoms with Crippen molar-refractivity contribution in [1.29, 1.82) is 0 Å². The molecule has 0 bridgehead atoms. The van der Waals surface area contributed by atoms with Gasteiger partial charge in [0.2, 0.25) is 0 Å². The summed E-state index contributed by atoms with van der Waals surface area (Å²) in [5, 5.41) is 12.8. The number of halogens is 2. The van der Waals surface area contributed by atoms with Crippen LogP contribution in [0.25, 0.3) is 14.9 Å². The molecule has 1 saturated heterocycles. The van der Waals surface area contributed by atoms with E-state index in [0.29, 0.717) is 4.48 Å². The molecule has 0 unspecified atom stereocenters. The van der Waals surface area contributed by atoms with Crippen LogP contribution in [0.3, 0.4) is 0 Å². The molecule has 1 aromatic heterocycles. The van der Waals surface area contributed by atoms with Crippen molar-refractivity contribution in [2.24, 2.45) is 5.11 Å². The first-order chi connectivity index (χ1) is 10.5. The fourth-order valence-corrected chi connectivity index (χ4v) is 2.78. The number of rotatable bonds is 4. The summed E-state index contributed by atoms with van der Waals surface area (Å²) >= 11 is 5.19. The van der Waals surface area contributed by atoms with Crippen molar-refractivity contribution in [2.45, 2.75) is 24.8 Å². The maximum atomic E-state index is 12.0. The van der Waals surface area contributed by atoms with Crippen LogP contribution in [0, 0.1) is 0 Å². The molecule has 11 heteroatoms. The van der Waals surface area contributed by atoms with Gasteiger partial charge < -0.3 is 9.84 Å². The van der Waals surface area contributed by atoms with Gasteiger partial charge in [0.15, 0.2) is 0 Å². The molecule has 0 aromatic carbocycles. The summed E-state index contributed by atoms with van der Waals surface area (Å²) in [7, 11) is 0. The molecule has 2 N–H and O–H groups in total. The molecule has 1 aromatic rings. The third kappa shape index (κ3) is 3.43. The number of nitrogens with one attached hydrogen (secondary N) is 1. The molecule has 0 amide bonds. The smallest absolute Gasteiger partial charge is 0.330 e. The quantitative estimate of drug-likeness (QED) is 0.291. The van der Waals surface area contributed by atoms with Gasteiger partial charge in [-0.15, -0.1) is 0 Å². The molecule has 0 saturated carbocycles. The molecule has 1 aliphatic rings. The molecule has 3 atom stereocenters. The predicted octanol–water partition coefficient (Wildman–Crippen LogP) is 1.62. The highest BCUT2D eigenvalue weighted by atomic mass is 127. The van der Waals surface area contributed by atoms with Crippen LogP contribution < -0.4 is 11.2 Å². The van der Waals surface area contributed by atoms with E-state index in [9.17, 15) is 14.7 Å². The lowest BCUT2D eigenvalue weighted by Crippen LogP contribution is -2.33. The Hall–Kier alpha value is -1.14. The van der Waals surface area contributed by atoms with E-state index in [1.165, 1.54) is 10.8 Å². The fourth-order valence-electron chi connectivity index (χ4n) is 2.17. The SMILES string of the molecule is [N-]=[N+]=N[C@H]1C[C@H](n2cc(/C(Br)=C/I)c(=O)[nH]c2=O)O[C@@H]1CO.